The largest absolute Gasteiger partial charge is 0.399 e. The van der Waals surface area contributed by atoms with Gasteiger partial charge in [-0.1, -0.05) is 36.0 Å². The molecule has 0 fully saturated rings. The Kier molecular flexibility index (Phi) is 4.48. The van der Waals surface area contributed by atoms with Crippen LogP contribution in [0, 0.1) is 10.1 Å². The van der Waals surface area contributed by atoms with E-state index in [4.69, 9.17) is 5.73 Å². The number of rotatable bonds is 5. The molecule has 0 spiro atoms. The van der Waals surface area contributed by atoms with Gasteiger partial charge in [0.25, 0.3) is 5.69 Å². The molecule has 122 valence electrons. The zero-order valence-electron chi connectivity index (χ0n) is 12.9. The van der Waals surface area contributed by atoms with Crippen LogP contribution in [0.2, 0.25) is 0 Å². The molecule has 24 heavy (non-hydrogen) atoms. The fourth-order valence-corrected chi connectivity index (χ4v) is 3.10. The predicted molar refractivity (Wildman–Crippen MR) is 93.5 cm³/mol. The van der Waals surface area contributed by atoms with E-state index in [9.17, 15) is 10.1 Å². The molecule has 0 bridgehead atoms. The van der Waals surface area contributed by atoms with Crippen LogP contribution >= 0.6 is 11.8 Å². The van der Waals surface area contributed by atoms with Crippen LogP contribution < -0.4 is 5.73 Å². The van der Waals surface area contributed by atoms with Crippen molar-refractivity contribution in [2.75, 3.05) is 5.73 Å². The first kappa shape index (κ1) is 16.0. The number of thioether (sulfide) groups is 1. The predicted octanol–water partition coefficient (Wildman–Crippen LogP) is 3.26. The third-order valence-electron chi connectivity index (χ3n) is 3.49. The van der Waals surface area contributed by atoms with E-state index in [1.165, 1.54) is 23.9 Å². The van der Waals surface area contributed by atoms with Gasteiger partial charge in [-0.25, -0.2) is 0 Å². The molecule has 0 unspecified atom stereocenters. The van der Waals surface area contributed by atoms with Gasteiger partial charge in [-0.3, -0.25) is 10.1 Å². The number of hydrogen-bond acceptors (Lipinski definition) is 6. The minimum absolute atomic E-state index is 0.0892. The Morgan fingerprint density at radius 2 is 1.96 bits per heavy atom. The summed E-state index contributed by atoms with van der Waals surface area (Å²) in [4.78, 5) is 10.3. The van der Waals surface area contributed by atoms with Crippen molar-refractivity contribution in [2.24, 2.45) is 7.05 Å². The van der Waals surface area contributed by atoms with Gasteiger partial charge in [-0.05, 0) is 17.7 Å². The van der Waals surface area contributed by atoms with Crippen molar-refractivity contribution in [3.8, 4) is 11.4 Å². The topological polar surface area (TPSA) is 99.9 Å². The second kappa shape index (κ2) is 6.71. The number of nitrogens with two attached hydrogens (primary N) is 1. The molecule has 2 aromatic carbocycles. The molecule has 3 rings (SSSR count). The standard InChI is InChI=1S/C16H15N5O2S/c1-20-15(12-3-2-4-13(17)9-12)18-19-16(20)24-10-11-5-7-14(8-6-11)21(22)23/h2-9H,10,17H2,1H3. The minimum Gasteiger partial charge on any atom is -0.399 e. The minimum atomic E-state index is -0.405. The van der Waals surface area contributed by atoms with Gasteiger partial charge < -0.3 is 10.3 Å². The van der Waals surface area contributed by atoms with Crippen molar-refractivity contribution >= 4 is 23.1 Å². The van der Waals surface area contributed by atoms with Crippen molar-refractivity contribution in [3.63, 3.8) is 0 Å². The summed E-state index contributed by atoms with van der Waals surface area (Å²) >= 11 is 1.52. The lowest BCUT2D eigenvalue weighted by Crippen LogP contribution is -1.96. The van der Waals surface area contributed by atoms with Crippen molar-refractivity contribution < 1.29 is 4.92 Å². The maximum atomic E-state index is 10.7. The van der Waals surface area contributed by atoms with Crippen LogP contribution in [0.15, 0.2) is 53.7 Å². The van der Waals surface area contributed by atoms with Gasteiger partial charge in [0.1, 0.15) is 0 Å². The first-order valence-corrected chi connectivity index (χ1v) is 8.14. The molecule has 7 nitrogen and oxygen atoms in total. The first-order chi connectivity index (χ1) is 11.5. The maximum Gasteiger partial charge on any atom is 0.269 e. The van der Waals surface area contributed by atoms with E-state index in [2.05, 4.69) is 10.2 Å². The second-order valence-electron chi connectivity index (χ2n) is 5.20. The zero-order chi connectivity index (χ0) is 17.1. The molecule has 0 radical (unpaired) electrons. The molecule has 0 saturated carbocycles. The Bertz CT molecular complexity index is 876. The lowest BCUT2D eigenvalue weighted by Gasteiger charge is -2.05. The van der Waals surface area contributed by atoms with Gasteiger partial charge in [0.15, 0.2) is 11.0 Å². The molecule has 0 saturated heterocycles. The Morgan fingerprint density at radius 1 is 1.21 bits per heavy atom. The SMILES string of the molecule is Cn1c(SCc2ccc([N+](=O)[O-])cc2)nnc1-c1cccc(N)c1. The van der Waals surface area contributed by atoms with E-state index in [-0.39, 0.29) is 5.69 Å². The molecule has 0 aliphatic heterocycles. The molecule has 2 N–H and O–H groups in total. The monoisotopic (exact) mass is 341 g/mol. The maximum absolute atomic E-state index is 10.7. The summed E-state index contributed by atoms with van der Waals surface area (Å²) in [5.74, 6) is 1.40. The number of nitro groups is 1. The van der Waals surface area contributed by atoms with Crippen LogP contribution in [-0.4, -0.2) is 19.7 Å². The summed E-state index contributed by atoms with van der Waals surface area (Å²) in [7, 11) is 1.90. The number of anilines is 1. The van der Waals surface area contributed by atoms with Crippen LogP contribution in [0.3, 0.4) is 0 Å². The Balaban J connectivity index is 1.73. The average molecular weight is 341 g/mol. The second-order valence-corrected chi connectivity index (χ2v) is 6.15. The highest BCUT2D eigenvalue weighted by Gasteiger charge is 2.12. The smallest absolute Gasteiger partial charge is 0.269 e. The molecule has 1 aromatic heterocycles. The zero-order valence-corrected chi connectivity index (χ0v) is 13.7. The summed E-state index contributed by atoms with van der Waals surface area (Å²) in [6, 6.07) is 14.0. The van der Waals surface area contributed by atoms with Crippen molar-refractivity contribution in [1.29, 1.82) is 0 Å². The average Bonchev–Trinajstić information content (AvgIpc) is 2.94. The van der Waals surface area contributed by atoms with Gasteiger partial charge in [0.2, 0.25) is 0 Å². The molecular formula is C16H15N5O2S. The van der Waals surface area contributed by atoms with Crippen LogP contribution in [0.25, 0.3) is 11.4 Å². The summed E-state index contributed by atoms with van der Waals surface area (Å²) < 4.78 is 1.91. The summed E-state index contributed by atoms with van der Waals surface area (Å²) in [6.07, 6.45) is 0. The van der Waals surface area contributed by atoms with E-state index >= 15 is 0 Å². The molecule has 3 aromatic rings. The van der Waals surface area contributed by atoms with E-state index in [1.807, 2.05) is 35.9 Å². The summed E-state index contributed by atoms with van der Waals surface area (Å²) in [5.41, 5.74) is 8.47. The highest BCUT2D eigenvalue weighted by Crippen LogP contribution is 2.26. The summed E-state index contributed by atoms with van der Waals surface area (Å²) in [6.45, 7) is 0. The van der Waals surface area contributed by atoms with Crippen LogP contribution in [0.5, 0.6) is 0 Å². The Hall–Kier alpha value is -2.87. The van der Waals surface area contributed by atoms with Gasteiger partial charge in [0, 0.05) is 36.2 Å². The Labute approximate surface area is 142 Å². The van der Waals surface area contributed by atoms with Crippen LogP contribution in [0.1, 0.15) is 5.56 Å². The number of aromatic nitrogens is 3. The molecule has 1 heterocycles. The highest BCUT2D eigenvalue weighted by molar-refractivity contribution is 7.98. The molecule has 0 aliphatic rings. The van der Waals surface area contributed by atoms with Gasteiger partial charge >= 0.3 is 0 Å². The molecule has 8 heteroatoms. The Morgan fingerprint density at radius 3 is 2.62 bits per heavy atom. The number of hydrogen-bond donors (Lipinski definition) is 1. The van der Waals surface area contributed by atoms with Gasteiger partial charge in [-0.2, -0.15) is 0 Å². The van der Waals surface area contributed by atoms with E-state index < -0.39 is 4.92 Å². The fourth-order valence-electron chi connectivity index (χ4n) is 2.23. The van der Waals surface area contributed by atoms with Crippen molar-refractivity contribution in [1.82, 2.24) is 14.8 Å². The third-order valence-corrected chi connectivity index (χ3v) is 4.59. The quantitative estimate of drug-likeness (QED) is 0.331. The molecule has 0 amide bonds. The fraction of sp³-hybridized carbons (Fsp3) is 0.125. The van der Waals surface area contributed by atoms with Crippen LogP contribution in [-0.2, 0) is 12.8 Å². The highest BCUT2D eigenvalue weighted by atomic mass is 32.2. The summed E-state index contributed by atoms with van der Waals surface area (Å²) in [5, 5.41) is 19.9. The number of benzene rings is 2. The number of nitrogens with zero attached hydrogens (tertiary/aromatic N) is 4. The van der Waals surface area contributed by atoms with Gasteiger partial charge in [0.05, 0.1) is 4.92 Å². The normalized spacial score (nSPS) is 10.7. The van der Waals surface area contributed by atoms with Crippen molar-refractivity contribution in [3.05, 3.63) is 64.2 Å². The third kappa shape index (κ3) is 3.38. The van der Waals surface area contributed by atoms with Crippen LogP contribution in [0.4, 0.5) is 11.4 Å². The lowest BCUT2D eigenvalue weighted by atomic mass is 10.2. The van der Waals surface area contributed by atoms with E-state index in [0.29, 0.717) is 11.4 Å². The lowest BCUT2D eigenvalue weighted by molar-refractivity contribution is -0.384. The number of nitrogen functional groups attached to an aromatic ring is 1. The molecule has 0 atom stereocenters. The number of nitro benzene ring substituents is 1. The van der Waals surface area contributed by atoms with E-state index in [0.717, 1.165) is 22.1 Å². The molecular weight excluding hydrogens is 326 g/mol. The first-order valence-electron chi connectivity index (χ1n) is 7.16. The molecule has 0 aliphatic carbocycles. The van der Waals surface area contributed by atoms with Crippen molar-refractivity contribution in [2.45, 2.75) is 10.9 Å². The van der Waals surface area contributed by atoms with Gasteiger partial charge in [-0.15, -0.1) is 10.2 Å². The number of non-ortho nitro benzene ring substituents is 1. The van der Waals surface area contributed by atoms with E-state index in [1.54, 1.807) is 12.1 Å².